The lowest BCUT2D eigenvalue weighted by Gasteiger charge is -2.21. The molecule has 0 saturated carbocycles. The fourth-order valence-corrected chi connectivity index (χ4v) is 2.06. The Kier molecular flexibility index (Phi) is 4.09. The number of hydrogen-bond donors (Lipinski definition) is 1. The number of halogens is 3. The van der Waals surface area contributed by atoms with Crippen molar-refractivity contribution < 1.29 is 13.2 Å². The van der Waals surface area contributed by atoms with Crippen LogP contribution in [0.4, 0.5) is 13.2 Å². The van der Waals surface area contributed by atoms with Crippen LogP contribution in [-0.2, 0) is 6.18 Å². The van der Waals surface area contributed by atoms with Crippen LogP contribution in [0.1, 0.15) is 35.6 Å². The molecule has 0 saturated heterocycles. The highest BCUT2D eigenvalue weighted by molar-refractivity contribution is 5.30. The zero-order chi connectivity index (χ0) is 14.8. The highest BCUT2D eigenvalue weighted by Gasteiger charge is 2.30. The molecule has 0 spiro atoms. The molecule has 0 radical (unpaired) electrons. The number of rotatable bonds is 3. The molecule has 0 aliphatic rings. The summed E-state index contributed by atoms with van der Waals surface area (Å²) in [4.78, 5) is 3.93. The first kappa shape index (κ1) is 14.5. The first-order valence-corrected chi connectivity index (χ1v) is 6.22. The summed E-state index contributed by atoms with van der Waals surface area (Å²) in [7, 11) is 0. The van der Waals surface area contributed by atoms with Crippen molar-refractivity contribution >= 4 is 0 Å². The Morgan fingerprint density at radius 1 is 0.950 bits per heavy atom. The van der Waals surface area contributed by atoms with E-state index in [1.165, 1.54) is 12.1 Å². The van der Waals surface area contributed by atoms with E-state index in [4.69, 9.17) is 5.73 Å². The van der Waals surface area contributed by atoms with Crippen LogP contribution in [0.3, 0.4) is 0 Å². The van der Waals surface area contributed by atoms with Crippen LogP contribution in [-0.4, -0.2) is 4.98 Å². The Labute approximate surface area is 115 Å². The molecule has 2 nitrogen and oxygen atoms in total. The van der Waals surface area contributed by atoms with E-state index in [1.54, 1.807) is 12.4 Å². The van der Waals surface area contributed by atoms with Gasteiger partial charge in [0, 0.05) is 24.4 Å². The number of nitrogens with zero attached hydrogens (tertiary/aromatic N) is 1. The number of aromatic nitrogens is 1. The summed E-state index contributed by atoms with van der Waals surface area (Å²) in [6, 6.07) is 8.35. The second-order valence-electron chi connectivity index (χ2n) is 4.71. The molecule has 1 heterocycles. The third-order valence-electron chi connectivity index (χ3n) is 3.39. The minimum Gasteiger partial charge on any atom is -0.323 e. The van der Waals surface area contributed by atoms with Gasteiger partial charge in [0.15, 0.2) is 0 Å². The summed E-state index contributed by atoms with van der Waals surface area (Å²) in [5.41, 5.74) is 7.16. The first-order valence-electron chi connectivity index (χ1n) is 6.22. The number of hydrogen-bond acceptors (Lipinski definition) is 2. The van der Waals surface area contributed by atoms with Gasteiger partial charge in [0.25, 0.3) is 0 Å². The van der Waals surface area contributed by atoms with Crippen molar-refractivity contribution in [1.29, 1.82) is 0 Å². The van der Waals surface area contributed by atoms with E-state index >= 15 is 0 Å². The Balaban J connectivity index is 2.19. The van der Waals surface area contributed by atoms with Crippen LogP contribution < -0.4 is 5.73 Å². The Morgan fingerprint density at radius 3 is 2.00 bits per heavy atom. The maximum atomic E-state index is 12.5. The van der Waals surface area contributed by atoms with Gasteiger partial charge in [-0.05, 0) is 35.4 Å². The van der Waals surface area contributed by atoms with Gasteiger partial charge < -0.3 is 5.73 Å². The Morgan fingerprint density at radius 2 is 1.50 bits per heavy atom. The van der Waals surface area contributed by atoms with E-state index in [-0.39, 0.29) is 12.0 Å². The number of nitrogens with two attached hydrogens (primary N) is 1. The monoisotopic (exact) mass is 280 g/mol. The van der Waals surface area contributed by atoms with Gasteiger partial charge in [0.1, 0.15) is 0 Å². The summed E-state index contributed by atoms with van der Waals surface area (Å²) in [5, 5.41) is 0. The average molecular weight is 280 g/mol. The standard InChI is InChI=1S/C15H15F3N2/c1-10(11-6-8-20-9-7-11)14(19)12-2-4-13(5-3-12)15(16,17)18/h2-10,14H,19H2,1H3. The molecule has 1 aromatic carbocycles. The lowest BCUT2D eigenvalue weighted by atomic mass is 9.89. The van der Waals surface area contributed by atoms with Crippen molar-refractivity contribution in [2.75, 3.05) is 0 Å². The molecule has 20 heavy (non-hydrogen) atoms. The molecule has 0 amide bonds. The maximum absolute atomic E-state index is 12.5. The number of benzene rings is 1. The minimum atomic E-state index is -4.32. The lowest BCUT2D eigenvalue weighted by molar-refractivity contribution is -0.137. The second-order valence-corrected chi connectivity index (χ2v) is 4.71. The van der Waals surface area contributed by atoms with Crippen molar-refractivity contribution in [1.82, 2.24) is 4.98 Å². The van der Waals surface area contributed by atoms with Gasteiger partial charge in [0.05, 0.1) is 5.56 Å². The van der Waals surface area contributed by atoms with Crippen LogP contribution in [0.5, 0.6) is 0 Å². The smallest absolute Gasteiger partial charge is 0.323 e. The van der Waals surface area contributed by atoms with E-state index in [0.29, 0.717) is 5.56 Å². The highest BCUT2D eigenvalue weighted by atomic mass is 19.4. The molecule has 2 unspecified atom stereocenters. The van der Waals surface area contributed by atoms with Gasteiger partial charge in [-0.15, -0.1) is 0 Å². The van der Waals surface area contributed by atoms with Crippen molar-refractivity contribution in [3.8, 4) is 0 Å². The van der Waals surface area contributed by atoms with Crippen LogP contribution >= 0.6 is 0 Å². The topological polar surface area (TPSA) is 38.9 Å². The highest BCUT2D eigenvalue weighted by Crippen LogP contribution is 2.32. The Hall–Kier alpha value is -1.88. The quantitative estimate of drug-likeness (QED) is 0.926. The minimum absolute atomic E-state index is 0.00487. The summed E-state index contributed by atoms with van der Waals surface area (Å²) in [6.07, 6.45) is -0.976. The fourth-order valence-electron chi connectivity index (χ4n) is 2.06. The van der Waals surface area contributed by atoms with Crippen LogP contribution in [0.25, 0.3) is 0 Å². The molecular weight excluding hydrogens is 265 g/mol. The van der Waals surface area contributed by atoms with Gasteiger partial charge in [-0.1, -0.05) is 19.1 Å². The third-order valence-corrected chi connectivity index (χ3v) is 3.39. The zero-order valence-corrected chi connectivity index (χ0v) is 10.9. The van der Waals surface area contributed by atoms with Crippen molar-refractivity contribution in [2.24, 2.45) is 5.73 Å². The predicted molar refractivity (Wildman–Crippen MR) is 71.0 cm³/mol. The molecule has 2 rings (SSSR count). The van der Waals surface area contributed by atoms with Gasteiger partial charge in [-0.2, -0.15) is 13.2 Å². The summed E-state index contributed by atoms with van der Waals surface area (Å²) >= 11 is 0. The molecule has 5 heteroatoms. The van der Waals surface area contributed by atoms with E-state index in [0.717, 1.165) is 17.7 Å². The van der Waals surface area contributed by atoms with Gasteiger partial charge >= 0.3 is 6.18 Å². The first-order chi connectivity index (χ1) is 9.39. The summed E-state index contributed by atoms with van der Waals surface area (Å²) < 4.78 is 37.5. The summed E-state index contributed by atoms with van der Waals surface area (Å²) in [5.74, 6) is -0.00487. The molecule has 0 aliphatic carbocycles. The van der Waals surface area contributed by atoms with E-state index in [9.17, 15) is 13.2 Å². The number of pyridine rings is 1. The SMILES string of the molecule is CC(c1ccncc1)C(N)c1ccc(C(F)(F)F)cc1. The summed E-state index contributed by atoms with van der Waals surface area (Å²) in [6.45, 7) is 1.94. The van der Waals surface area contributed by atoms with Gasteiger partial charge in [0.2, 0.25) is 0 Å². The molecule has 1 aromatic heterocycles. The van der Waals surface area contributed by atoms with Crippen LogP contribution in [0.15, 0.2) is 48.8 Å². The molecule has 0 bridgehead atoms. The molecule has 2 aromatic rings. The third kappa shape index (κ3) is 3.17. The predicted octanol–water partition coefficient (Wildman–Crippen LogP) is 3.90. The van der Waals surface area contributed by atoms with E-state index in [1.807, 2.05) is 19.1 Å². The number of alkyl halides is 3. The molecular formula is C15H15F3N2. The maximum Gasteiger partial charge on any atom is 0.416 e. The average Bonchev–Trinajstić information content (AvgIpc) is 2.46. The van der Waals surface area contributed by atoms with E-state index < -0.39 is 11.7 Å². The van der Waals surface area contributed by atoms with Gasteiger partial charge in [-0.3, -0.25) is 4.98 Å². The van der Waals surface area contributed by atoms with E-state index in [2.05, 4.69) is 4.98 Å². The zero-order valence-electron chi connectivity index (χ0n) is 10.9. The lowest BCUT2D eigenvalue weighted by Crippen LogP contribution is -2.18. The fraction of sp³-hybridized carbons (Fsp3) is 0.267. The van der Waals surface area contributed by atoms with Crippen molar-refractivity contribution in [3.63, 3.8) is 0 Å². The van der Waals surface area contributed by atoms with Crippen molar-refractivity contribution in [2.45, 2.75) is 25.1 Å². The largest absolute Gasteiger partial charge is 0.416 e. The molecule has 2 N–H and O–H groups in total. The second kappa shape index (κ2) is 5.63. The molecule has 106 valence electrons. The van der Waals surface area contributed by atoms with Gasteiger partial charge in [-0.25, -0.2) is 0 Å². The van der Waals surface area contributed by atoms with Crippen LogP contribution in [0.2, 0.25) is 0 Å². The normalized spacial score (nSPS) is 14.8. The van der Waals surface area contributed by atoms with Crippen LogP contribution in [0, 0.1) is 0 Å². The molecule has 0 aliphatic heterocycles. The van der Waals surface area contributed by atoms with Crippen molar-refractivity contribution in [3.05, 3.63) is 65.5 Å². The molecule has 0 fully saturated rings. The Bertz CT molecular complexity index is 550. The molecule has 2 atom stereocenters.